The largest absolute Gasteiger partial charge is 0.481 e. The van der Waals surface area contributed by atoms with Crippen LogP contribution >= 0.6 is 11.6 Å². The molecule has 1 heterocycles. The van der Waals surface area contributed by atoms with E-state index in [0.29, 0.717) is 6.07 Å². The predicted octanol–water partition coefficient (Wildman–Crippen LogP) is 3.49. The van der Waals surface area contributed by atoms with Crippen LogP contribution in [-0.2, 0) is 11.0 Å². The van der Waals surface area contributed by atoms with Gasteiger partial charge in [0.15, 0.2) is 18.2 Å². The van der Waals surface area contributed by atoms with Crippen LogP contribution < -0.4 is 10.1 Å². The number of anilines is 1. The average molecular weight is 416 g/mol. The normalized spacial score (nSPS) is 11.3. The van der Waals surface area contributed by atoms with E-state index in [4.69, 9.17) is 16.3 Å². The van der Waals surface area contributed by atoms with Crippen LogP contribution in [0, 0.1) is 5.82 Å². The quantitative estimate of drug-likeness (QED) is 0.645. The molecule has 0 aliphatic carbocycles. The van der Waals surface area contributed by atoms with Gasteiger partial charge >= 0.3 is 6.18 Å². The Hall–Kier alpha value is -3.21. The molecule has 7 nitrogen and oxygen atoms in total. The van der Waals surface area contributed by atoms with E-state index in [-0.39, 0.29) is 17.1 Å². The molecule has 0 aliphatic heterocycles. The lowest BCUT2D eigenvalue weighted by molar-refractivity contribution is -0.137. The third-order valence-electron chi connectivity index (χ3n) is 3.45. The van der Waals surface area contributed by atoms with E-state index in [2.05, 4.69) is 20.8 Å². The van der Waals surface area contributed by atoms with E-state index in [0.717, 1.165) is 10.7 Å². The van der Waals surface area contributed by atoms with Gasteiger partial charge in [-0.3, -0.25) is 4.79 Å². The molecule has 3 aromatic rings. The summed E-state index contributed by atoms with van der Waals surface area (Å²) in [6, 6.07) is 7.04. The van der Waals surface area contributed by atoms with Gasteiger partial charge in [-0.1, -0.05) is 17.7 Å². The highest BCUT2D eigenvalue weighted by Crippen LogP contribution is 2.36. The van der Waals surface area contributed by atoms with Crippen LogP contribution in [0.5, 0.6) is 5.75 Å². The highest BCUT2D eigenvalue weighted by Gasteiger charge is 2.33. The summed E-state index contributed by atoms with van der Waals surface area (Å²) in [7, 11) is 0. The lowest BCUT2D eigenvalue weighted by Crippen LogP contribution is -2.21. The van der Waals surface area contributed by atoms with Crippen molar-refractivity contribution in [3.63, 3.8) is 0 Å². The van der Waals surface area contributed by atoms with Crippen LogP contribution in [0.1, 0.15) is 5.56 Å². The van der Waals surface area contributed by atoms with Crippen LogP contribution in [0.25, 0.3) is 5.69 Å². The topological polar surface area (TPSA) is 81.9 Å². The molecule has 3 rings (SSSR count). The minimum absolute atomic E-state index is 0.00423. The third kappa shape index (κ3) is 4.36. The van der Waals surface area contributed by atoms with Gasteiger partial charge < -0.3 is 10.1 Å². The van der Waals surface area contributed by atoms with Gasteiger partial charge in [-0.25, -0.2) is 4.39 Å². The van der Waals surface area contributed by atoms with Gasteiger partial charge in [-0.2, -0.15) is 17.9 Å². The van der Waals surface area contributed by atoms with Gasteiger partial charge in [-0.05, 0) is 40.8 Å². The molecule has 146 valence electrons. The maximum atomic E-state index is 14.4. The number of ether oxygens (including phenoxy) is 1. The molecule has 28 heavy (non-hydrogen) atoms. The Morgan fingerprint density at radius 2 is 2.04 bits per heavy atom. The molecule has 1 amide bonds. The summed E-state index contributed by atoms with van der Waals surface area (Å²) in [5, 5.41) is 12.1. The van der Waals surface area contributed by atoms with Crippen LogP contribution in [0.4, 0.5) is 23.2 Å². The second-order valence-electron chi connectivity index (χ2n) is 5.37. The number of halogens is 5. The summed E-state index contributed by atoms with van der Waals surface area (Å²) < 4.78 is 59.2. The molecule has 0 radical (unpaired) electrons. The Morgan fingerprint density at radius 1 is 1.25 bits per heavy atom. The number of benzene rings is 2. The molecule has 0 fully saturated rings. The van der Waals surface area contributed by atoms with Crippen LogP contribution in [0.15, 0.2) is 42.7 Å². The van der Waals surface area contributed by atoms with Crippen LogP contribution in [0.2, 0.25) is 5.02 Å². The Labute approximate surface area is 159 Å². The van der Waals surface area contributed by atoms with Crippen molar-refractivity contribution < 1.29 is 27.1 Å². The molecule has 0 aliphatic rings. The second-order valence-corrected chi connectivity index (χ2v) is 5.78. The molecule has 1 N–H and O–H groups in total. The molecule has 0 atom stereocenters. The summed E-state index contributed by atoms with van der Waals surface area (Å²) in [5.41, 5.74) is -1.23. The molecular weight excluding hydrogens is 406 g/mol. The summed E-state index contributed by atoms with van der Waals surface area (Å²) in [6.45, 7) is -0.639. The molecule has 0 unspecified atom stereocenters. The number of carbonyl (C=O) groups is 1. The first kappa shape index (κ1) is 19.5. The van der Waals surface area contributed by atoms with Gasteiger partial charge in [0.1, 0.15) is 12.0 Å². The Morgan fingerprint density at radius 3 is 2.71 bits per heavy atom. The number of nitrogens with zero attached hydrogens (tertiary/aromatic N) is 4. The number of amides is 1. The SMILES string of the molecule is O=C(COc1cccc(-n2cnnn2)c1F)Nc1ccc(Cl)c(C(F)(F)F)c1. The maximum Gasteiger partial charge on any atom is 0.417 e. The zero-order valence-electron chi connectivity index (χ0n) is 13.7. The van der Waals surface area contributed by atoms with Crippen molar-refractivity contribution >= 4 is 23.2 Å². The fourth-order valence-electron chi connectivity index (χ4n) is 2.22. The first-order valence-corrected chi connectivity index (χ1v) is 7.95. The lowest BCUT2D eigenvalue weighted by Gasteiger charge is -2.12. The number of nitrogens with one attached hydrogen (secondary N) is 1. The fourth-order valence-corrected chi connectivity index (χ4v) is 2.44. The molecule has 12 heteroatoms. The number of alkyl halides is 3. The van der Waals surface area contributed by atoms with Crippen LogP contribution in [0.3, 0.4) is 0 Å². The maximum absolute atomic E-state index is 14.4. The van der Waals surface area contributed by atoms with E-state index in [1.54, 1.807) is 0 Å². The molecular formula is C16H10ClF4N5O2. The van der Waals surface area contributed by atoms with Gasteiger partial charge in [0.05, 0.1) is 10.6 Å². The second kappa shape index (κ2) is 7.80. The lowest BCUT2D eigenvalue weighted by atomic mass is 10.2. The monoisotopic (exact) mass is 415 g/mol. The van der Waals surface area contributed by atoms with Crippen molar-refractivity contribution in [2.75, 3.05) is 11.9 Å². The van der Waals surface area contributed by atoms with E-state index in [1.165, 1.54) is 30.6 Å². The zero-order chi connectivity index (χ0) is 20.3. The number of aromatic nitrogens is 4. The fraction of sp³-hybridized carbons (Fsp3) is 0.125. The molecule has 2 aromatic carbocycles. The number of rotatable bonds is 5. The van der Waals surface area contributed by atoms with Crippen molar-refractivity contribution in [2.24, 2.45) is 0 Å². The Bertz CT molecular complexity index is 995. The molecule has 0 saturated carbocycles. The number of carbonyl (C=O) groups excluding carboxylic acids is 1. The first-order chi connectivity index (χ1) is 13.3. The van der Waals surface area contributed by atoms with Gasteiger partial charge in [0.25, 0.3) is 5.91 Å². The van der Waals surface area contributed by atoms with Crippen molar-refractivity contribution in [2.45, 2.75) is 6.18 Å². The number of hydrogen-bond acceptors (Lipinski definition) is 5. The Kier molecular flexibility index (Phi) is 5.45. The van der Waals surface area contributed by atoms with Crippen molar-refractivity contribution in [1.29, 1.82) is 0 Å². The summed E-state index contributed by atoms with van der Waals surface area (Å²) in [5.74, 6) is -1.86. The van der Waals surface area contributed by atoms with E-state index in [1.807, 2.05) is 0 Å². The van der Waals surface area contributed by atoms with E-state index < -0.39 is 35.1 Å². The highest BCUT2D eigenvalue weighted by atomic mass is 35.5. The zero-order valence-corrected chi connectivity index (χ0v) is 14.5. The van der Waals surface area contributed by atoms with E-state index >= 15 is 0 Å². The van der Waals surface area contributed by atoms with Gasteiger partial charge in [0, 0.05) is 5.69 Å². The van der Waals surface area contributed by atoms with Crippen molar-refractivity contribution in [3.8, 4) is 11.4 Å². The standard InChI is InChI=1S/C16H10ClF4N5O2/c17-11-5-4-9(6-10(11)16(19,20)21)23-14(27)7-28-13-3-1-2-12(15(13)18)26-8-22-24-25-26/h1-6,8H,7H2,(H,23,27). The first-order valence-electron chi connectivity index (χ1n) is 7.57. The minimum atomic E-state index is -4.67. The minimum Gasteiger partial charge on any atom is -0.481 e. The molecule has 0 saturated heterocycles. The van der Waals surface area contributed by atoms with Gasteiger partial charge in [-0.15, -0.1) is 5.10 Å². The number of hydrogen-bond donors (Lipinski definition) is 1. The van der Waals surface area contributed by atoms with Crippen molar-refractivity contribution in [1.82, 2.24) is 20.2 Å². The summed E-state index contributed by atoms with van der Waals surface area (Å²) in [4.78, 5) is 11.9. The number of tetrazole rings is 1. The Balaban J connectivity index is 1.68. The van der Waals surface area contributed by atoms with Gasteiger partial charge in [0.2, 0.25) is 0 Å². The van der Waals surface area contributed by atoms with Crippen molar-refractivity contribution in [3.05, 3.63) is 59.1 Å². The average Bonchev–Trinajstić information content (AvgIpc) is 3.16. The third-order valence-corrected chi connectivity index (χ3v) is 3.78. The van der Waals surface area contributed by atoms with Crippen LogP contribution in [-0.4, -0.2) is 32.7 Å². The molecule has 0 bridgehead atoms. The molecule has 1 aromatic heterocycles. The smallest absolute Gasteiger partial charge is 0.417 e. The summed E-state index contributed by atoms with van der Waals surface area (Å²) >= 11 is 5.52. The molecule has 0 spiro atoms. The predicted molar refractivity (Wildman–Crippen MR) is 89.7 cm³/mol. The van der Waals surface area contributed by atoms with E-state index in [9.17, 15) is 22.4 Å². The summed E-state index contributed by atoms with van der Waals surface area (Å²) in [6.07, 6.45) is -3.50. The highest BCUT2D eigenvalue weighted by molar-refractivity contribution is 6.31.